The van der Waals surface area contributed by atoms with Gasteiger partial charge in [-0.3, -0.25) is 4.72 Å². The minimum Gasteiger partial charge on any atom is -0.309 e. The number of aryl methyl sites for hydroxylation is 2. The monoisotopic (exact) mass is 584 g/mol. The maximum atomic E-state index is 14.3. The van der Waals surface area contributed by atoms with Crippen molar-refractivity contribution in [3.05, 3.63) is 96.6 Å². The molecule has 10 heteroatoms. The van der Waals surface area contributed by atoms with Crippen LogP contribution < -0.4 is 4.72 Å². The summed E-state index contributed by atoms with van der Waals surface area (Å²) in [5.74, 6) is -0.0718. The first kappa shape index (κ1) is 26.9. The second kappa shape index (κ2) is 10.3. The van der Waals surface area contributed by atoms with Crippen molar-refractivity contribution in [3.63, 3.8) is 0 Å². The summed E-state index contributed by atoms with van der Waals surface area (Å²) < 4.78 is 60.6. The molecular weight excluding hydrogens is 556 g/mol. The minimum absolute atomic E-state index is 0.0215. The lowest BCUT2D eigenvalue weighted by Gasteiger charge is -2.15. The summed E-state index contributed by atoms with van der Waals surface area (Å²) in [6.45, 7) is 4.22. The molecule has 0 aliphatic carbocycles. The standard InChI is InChI=1S/C31H28N4O4S2/c1-3-4-19-35-30-28(32-26-11-7-8-12-27(26)33-30)29(40(36,37)24-16-13-21(2)14-17-24)31(35)34-41(38,39)25-18-15-22-9-5-6-10-23(22)20-25/h5-18,20,34H,3-4,19H2,1-2H3. The van der Waals surface area contributed by atoms with E-state index >= 15 is 0 Å². The van der Waals surface area contributed by atoms with Crippen LogP contribution in [0.2, 0.25) is 0 Å². The summed E-state index contributed by atoms with van der Waals surface area (Å²) >= 11 is 0. The average molecular weight is 585 g/mol. The molecule has 8 nitrogen and oxygen atoms in total. The SMILES string of the molecule is CCCCn1c(NS(=O)(=O)c2ccc3ccccc3c2)c(S(=O)(=O)c2ccc(C)cc2)c2nc3ccccc3nc21. The van der Waals surface area contributed by atoms with Gasteiger partial charge >= 0.3 is 0 Å². The highest BCUT2D eigenvalue weighted by molar-refractivity contribution is 7.93. The van der Waals surface area contributed by atoms with E-state index in [0.717, 1.165) is 22.8 Å². The maximum absolute atomic E-state index is 14.3. The van der Waals surface area contributed by atoms with Gasteiger partial charge in [-0.15, -0.1) is 0 Å². The fourth-order valence-electron chi connectivity index (χ4n) is 4.92. The number of benzene rings is 4. The van der Waals surface area contributed by atoms with Crippen LogP contribution in [0.25, 0.3) is 33.0 Å². The van der Waals surface area contributed by atoms with Crippen LogP contribution in [-0.4, -0.2) is 31.4 Å². The molecule has 0 aliphatic heterocycles. The van der Waals surface area contributed by atoms with Gasteiger partial charge in [-0.05, 0) is 60.5 Å². The van der Waals surface area contributed by atoms with Crippen LogP contribution in [0.3, 0.4) is 0 Å². The molecule has 0 unspecified atom stereocenters. The third-order valence-corrected chi connectivity index (χ3v) is 10.3. The van der Waals surface area contributed by atoms with Gasteiger partial charge < -0.3 is 4.57 Å². The molecule has 0 radical (unpaired) electrons. The van der Waals surface area contributed by atoms with Crippen LogP contribution in [0.15, 0.2) is 106 Å². The summed E-state index contributed by atoms with van der Waals surface area (Å²) in [6, 6.07) is 25.9. The lowest BCUT2D eigenvalue weighted by molar-refractivity contribution is 0.595. The molecule has 0 amide bonds. The molecule has 1 N–H and O–H groups in total. The third kappa shape index (κ3) is 4.83. The number of unbranched alkanes of at least 4 members (excludes halogenated alkanes) is 1. The van der Waals surface area contributed by atoms with E-state index in [2.05, 4.69) is 4.72 Å². The first-order valence-corrected chi connectivity index (χ1v) is 16.3. The van der Waals surface area contributed by atoms with E-state index in [1.54, 1.807) is 47.0 Å². The van der Waals surface area contributed by atoms with Crippen LogP contribution in [0, 0.1) is 6.92 Å². The van der Waals surface area contributed by atoms with Crippen molar-refractivity contribution < 1.29 is 16.8 Å². The van der Waals surface area contributed by atoms with Crippen molar-refractivity contribution in [3.8, 4) is 0 Å². The van der Waals surface area contributed by atoms with Crippen molar-refractivity contribution >= 4 is 58.6 Å². The van der Waals surface area contributed by atoms with Gasteiger partial charge in [0, 0.05) is 6.54 Å². The predicted molar refractivity (Wildman–Crippen MR) is 161 cm³/mol. The molecule has 0 saturated carbocycles. The number of aromatic nitrogens is 3. The van der Waals surface area contributed by atoms with E-state index < -0.39 is 19.9 Å². The highest BCUT2D eigenvalue weighted by atomic mass is 32.2. The zero-order valence-electron chi connectivity index (χ0n) is 22.6. The number of hydrogen-bond acceptors (Lipinski definition) is 6. The number of para-hydroxylation sites is 2. The summed E-state index contributed by atoms with van der Waals surface area (Å²) in [6.07, 6.45) is 1.48. The van der Waals surface area contributed by atoms with Gasteiger partial charge in [0.25, 0.3) is 10.0 Å². The quantitative estimate of drug-likeness (QED) is 0.219. The first-order valence-electron chi connectivity index (χ1n) is 13.3. The lowest BCUT2D eigenvalue weighted by atomic mass is 10.1. The number of anilines is 1. The van der Waals surface area contributed by atoms with Gasteiger partial charge in [0.15, 0.2) is 5.65 Å². The molecule has 0 atom stereocenters. The molecule has 208 valence electrons. The van der Waals surface area contributed by atoms with E-state index in [4.69, 9.17) is 9.97 Å². The zero-order valence-corrected chi connectivity index (χ0v) is 24.2. The Morgan fingerprint density at radius 1 is 0.756 bits per heavy atom. The molecule has 0 spiro atoms. The Hall–Kier alpha value is -4.28. The van der Waals surface area contributed by atoms with Crippen LogP contribution in [0.5, 0.6) is 0 Å². The molecule has 2 heterocycles. The molecule has 0 fully saturated rings. The normalized spacial score (nSPS) is 12.3. The van der Waals surface area contributed by atoms with E-state index in [0.29, 0.717) is 29.6 Å². The van der Waals surface area contributed by atoms with Crippen molar-refractivity contribution in [2.24, 2.45) is 0 Å². The molecule has 0 saturated heterocycles. The molecule has 6 rings (SSSR count). The van der Waals surface area contributed by atoms with Gasteiger partial charge in [-0.2, -0.15) is 0 Å². The number of rotatable bonds is 8. The fraction of sp³-hybridized carbons (Fsp3) is 0.161. The van der Waals surface area contributed by atoms with E-state index in [9.17, 15) is 16.8 Å². The van der Waals surface area contributed by atoms with Crippen molar-refractivity contribution in [1.82, 2.24) is 14.5 Å². The number of sulfonamides is 1. The summed E-state index contributed by atoms with van der Waals surface area (Å²) in [5, 5.41) is 1.65. The van der Waals surface area contributed by atoms with Crippen LogP contribution in [0.4, 0.5) is 5.82 Å². The second-order valence-electron chi connectivity index (χ2n) is 10.00. The van der Waals surface area contributed by atoms with E-state index in [1.807, 2.05) is 44.2 Å². The first-order chi connectivity index (χ1) is 19.7. The maximum Gasteiger partial charge on any atom is 0.263 e. The number of nitrogens with one attached hydrogen (secondary N) is 1. The van der Waals surface area contributed by atoms with Gasteiger partial charge in [-0.25, -0.2) is 26.8 Å². The zero-order chi connectivity index (χ0) is 28.8. The van der Waals surface area contributed by atoms with E-state index in [-0.39, 0.29) is 26.0 Å². The lowest BCUT2D eigenvalue weighted by Crippen LogP contribution is -2.18. The highest BCUT2D eigenvalue weighted by Crippen LogP contribution is 2.38. The van der Waals surface area contributed by atoms with E-state index in [1.165, 1.54) is 18.2 Å². The molecule has 41 heavy (non-hydrogen) atoms. The Kier molecular flexibility index (Phi) is 6.75. The van der Waals surface area contributed by atoms with Crippen LogP contribution >= 0.6 is 0 Å². The molecule has 0 bridgehead atoms. The molecule has 6 aromatic rings. The Balaban J connectivity index is 1.64. The Labute approximate surface area is 238 Å². The largest absolute Gasteiger partial charge is 0.309 e. The van der Waals surface area contributed by atoms with Crippen molar-refractivity contribution in [2.75, 3.05) is 4.72 Å². The third-order valence-electron chi connectivity index (χ3n) is 7.11. The van der Waals surface area contributed by atoms with Gasteiger partial charge in [0.1, 0.15) is 16.2 Å². The Morgan fingerprint density at radius 3 is 2.10 bits per heavy atom. The molecular formula is C31H28N4O4S2. The van der Waals surface area contributed by atoms with Gasteiger partial charge in [-0.1, -0.05) is 73.5 Å². The Morgan fingerprint density at radius 2 is 1.39 bits per heavy atom. The molecule has 0 aliphatic rings. The fourth-order valence-corrected chi connectivity index (χ4v) is 7.63. The molecule has 4 aromatic carbocycles. The highest BCUT2D eigenvalue weighted by Gasteiger charge is 2.33. The topological polar surface area (TPSA) is 111 Å². The van der Waals surface area contributed by atoms with Crippen molar-refractivity contribution in [2.45, 2.75) is 47.9 Å². The molecule has 2 aromatic heterocycles. The van der Waals surface area contributed by atoms with Crippen molar-refractivity contribution in [1.29, 1.82) is 0 Å². The average Bonchev–Trinajstić information content (AvgIpc) is 3.26. The number of fused-ring (bicyclic) bond motifs is 3. The van der Waals surface area contributed by atoms with Crippen LogP contribution in [-0.2, 0) is 26.4 Å². The predicted octanol–water partition coefficient (Wildman–Crippen LogP) is 6.48. The summed E-state index contributed by atoms with van der Waals surface area (Å²) in [7, 11) is -8.43. The summed E-state index contributed by atoms with van der Waals surface area (Å²) in [4.78, 5) is 9.35. The number of hydrogen-bond donors (Lipinski definition) is 1. The number of sulfone groups is 1. The van der Waals surface area contributed by atoms with Crippen LogP contribution in [0.1, 0.15) is 25.3 Å². The minimum atomic E-state index is -4.23. The van der Waals surface area contributed by atoms with Gasteiger partial charge in [0.05, 0.1) is 20.8 Å². The smallest absolute Gasteiger partial charge is 0.263 e. The summed E-state index contributed by atoms with van der Waals surface area (Å²) in [5.41, 5.74) is 2.42. The second-order valence-corrected chi connectivity index (χ2v) is 13.6. The number of nitrogens with zero attached hydrogens (tertiary/aromatic N) is 3. The Bertz CT molecular complexity index is 2150. The van der Waals surface area contributed by atoms with Gasteiger partial charge in [0.2, 0.25) is 9.84 Å².